The van der Waals surface area contributed by atoms with Crippen LogP contribution in [-0.2, 0) is 20.1 Å². The molecule has 1 aromatic carbocycles. The van der Waals surface area contributed by atoms with Crippen LogP contribution < -0.4 is 11.1 Å². The Morgan fingerprint density at radius 1 is 1.44 bits per heavy atom. The number of aryl methyl sites for hydroxylation is 1. The number of amides is 1. The predicted molar refractivity (Wildman–Crippen MR) is 66.5 cm³/mol. The molecule has 0 fully saturated rings. The molecule has 0 bridgehead atoms. The van der Waals surface area contributed by atoms with Gasteiger partial charge in [0.1, 0.15) is 12.2 Å². The molecular formula is C12H15N5O. The minimum absolute atomic E-state index is 0.412. The molecular weight excluding hydrogens is 230 g/mol. The Morgan fingerprint density at radius 2 is 2.28 bits per heavy atom. The Bertz CT molecular complexity index is 549. The number of rotatable bonds is 5. The molecule has 3 N–H and O–H groups in total. The maximum atomic E-state index is 11.0. The van der Waals surface area contributed by atoms with Crippen LogP contribution in [0, 0.1) is 0 Å². The molecule has 0 aliphatic heterocycles. The Morgan fingerprint density at radius 3 is 2.94 bits per heavy atom. The van der Waals surface area contributed by atoms with E-state index in [9.17, 15) is 4.79 Å². The molecule has 18 heavy (non-hydrogen) atoms. The molecule has 0 saturated heterocycles. The summed E-state index contributed by atoms with van der Waals surface area (Å²) in [5, 5.41) is 11.0. The molecule has 1 amide bonds. The number of nitrogens with two attached hydrogens (primary N) is 1. The van der Waals surface area contributed by atoms with Gasteiger partial charge in [0.25, 0.3) is 0 Å². The second kappa shape index (κ2) is 5.42. The third kappa shape index (κ3) is 2.92. The molecule has 0 spiro atoms. The monoisotopic (exact) mass is 245 g/mol. The highest BCUT2D eigenvalue weighted by Crippen LogP contribution is 2.04. The summed E-state index contributed by atoms with van der Waals surface area (Å²) in [6.07, 6.45) is 1.66. The van der Waals surface area contributed by atoms with Crippen LogP contribution in [0.2, 0.25) is 0 Å². The lowest BCUT2D eigenvalue weighted by atomic mass is 10.1. The Hall–Kier alpha value is -2.21. The van der Waals surface area contributed by atoms with Crippen LogP contribution in [-0.4, -0.2) is 20.7 Å². The summed E-state index contributed by atoms with van der Waals surface area (Å²) in [6, 6.07) is 7.25. The fraction of sp³-hybridized carbons (Fsp3) is 0.250. The molecule has 0 atom stereocenters. The minimum atomic E-state index is -0.412. The zero-order chi connectivity index (χ0) is 13.0. The van der Waals surface area contributed by atoms with E-state index in [0.717, 1.165) is 11.4 Å². The quantitative estimate of drug-likeness (QED) is 0.788. The largest absolute Gasteiger partial charge is 0.366 e. The number of primary amides is 1. The number of aromatic nitrogens is 3. The summed E-state index contributed by atoms with van der Waals surface area (Å²) in [7, 11) is 1.89. The summed E-state index contributed by atoms with van der Waals surface area (Å²) in [5.74, 6) is 0.450. The van der Waals surface area contributed by atoms with Crippen molar-refractivity contribution in [1.82, 2.24) is 20.1 Å². The molecule has 2 aromatic rings. The molecule has 1 heterocycles. The average Bonchev–Trinajstić information content (AvgIpc) is 2.76. The second-order valence-electron chi connectivity index (χ2n) is 4.03. The van der Waals surface area contributed by atoms with Gasteiger partial charge in [0.15, 0.2) is 0 Å². The molecule has 1 aromatic heterocycles. The van der Waals surface area contributed by atoms with E-state index in [2.05, 4.69) is 15.5 Å². The zero-order valence-corrected chi connectivity index (χ0v) is 10.1. The van der Waals surface area contributed by atoms with Gasteiger partial charge >= 0.3 is 0 Å². The van der Waals surface area contributed by atoms with Crippen LogP contribution in [0.5, 0.6) is 0 Å². The van der Waals surface area contributed by atoms with Crippen LogP contribution in [0.25, 0.3) is 0 Å². The topological polar surface area (TPSA) is 85.8 Å². The van der Waals surface area contributed by atoms with Crippen LogP contribution in [0.4, 0.5) is 0 Å². The van der Waals surface area contributed by atoms with Gasteiger partial charge in [-0.25, -0.2) is 0 Å². The van der Waals surface area contributed by atoms with Crippen molar-refractivity contribution in [1.29, 1.82) is 0 Å². The molecule has 0 aliphatic carbocycles. The van der Waals surface area contributed by atoms with E-state index in [4.69, 9.17) is 5.73 Å². The van der Waals surface area contributed by atoms with Gasteiger partial charge in [-0.05, 0) is 17.7 Å². The van der Waals surface area contributed by atoms with Crippen molar-refractivity contribution in [2.24, 2.45) is 12.8 Å². The SMILES string of the molecule is Cn1cnnc1CNCc1cccc(C(N)=O)c1. The first-order valence-corrected chi connectivity index (χ1v) is 5.59. The van der Waals surface area contributed by atoms with E-state index < -0.39 is 5.91 Å². The normalized spacial score (nSPS) is 10.5. The number of benzene rings is 1. The summed E-state index contributed by atoms with van der Waals surface area (Å²) in [5.41, 5.74) is 6.76. The first-order chi connectivity index (χ1) is 8.66. The number of carbonyl (C=O) groups is 1. The number of hydrogen-bond donors (Lipinski definition) is 2. The van der Waals surface area contributed by atoms with Gasteiger partial charge in [-0.2, -0.15) is 0 Å². The highest BCUT2D eigenvalue weighted by atomic mass is 16.1. The van der Waals surface area contributed by atoms with Gasteiger partial charge in [-0.1, -0.05) is 12.1 Å². The maximum absolute atomic E-state index is 11.0. The molecule has 2 rings (SSSR count). The van der Waals surface area contributed by atoms with Gasteiger partial charge in [0.2, 0.25) is 5.91 Å². The van der Waals surface area contributed by atoms with E-state index in [1.165, 1.54) is 0 Å². The number of nitrogens with one attached hydrogen (secondary N) is 1. The van der Waals surface area contributed by atoms with E-state index in [0.29, 0.717) is 18.7 Å². The van der Waals surface area contributed by atoms with Crippen molar-refractivity contribution >= 4 is 5.91 Å². The molecule has 0 unspecified atom stereocenters. The van der Waals surface area contributed by atoms with Crippen molar-refractivity contribution in [3.63, 3.8) is 0 Å². The molecule has 0 radical (unpaired) electrons. The van der Waals surface area contributed by atoms with E-state index in [-0.39, 0.29) is 0 Å². The number of nitrogens with zero attached hydrogens (tertiary/aromatic N) is 3. The number of carbonyl (C=O) groups excluding carboxylic acids is 1. The molecule has 6 nitrogen and oxygen atoms in total. The highest BCUT2D eigenvalue weighted by Gasteiger charge is 2.02. The van der Waals surface area contributed by atoms with Crippen molar-refractivity contribution in [3.05, 3.63) is 47.5 Å². The second-order valence-corrected chi connectivity index (χ2v) is 4.03. The van der Waals surface area contributed by atoms with Gasteiger partial charge in [-0.15, -0.1) is 10.2 Å². The molecule has 6 heteroatoms. The first kappa shape index (κ1) is 12.3. The Labute approximate surface area is 105 Å². The third-order valence-corrected chi connectivity index (χ3v) is 2.63. The zero-order valence-electron chi connectivity index (χ0n) is 10.1. The van der Waals surface area contributed by atoms with Crippen LogP contribution in [0.1, 0.15) is 21.7 Å². The van der Waals surface area contributed by atoms with Gasteiger partial charge in [0.05, 0.1) is 6.54 Å². The van der Waals surface area contributed by atoms with E-state index in [1.54, 1.807) is 18.5 Å². The highest BCUT2D eigenvalue weighted by molar-refractivity contribution is 5.92. The summed E-state index contributed by atoms with van der Waals surface area (Å²) in [4.78, 5) is 11.0. The van der Waals surface area contributed by atoms with Crippen LogP contribution in [0.3, 0.4) is 0 Å². The Kier molecular flexibility index (Phi) is 3.69. The lowest BCUT2D eigenvalue weighted by Crippen LogP contribution is -2.16. The fourth-order valence-electron chi connectivity index (χ4n) is 1.62. The third-order valence-electron chi connectivity index (χ3n) is 2.63. The summed E-state index contributed by atoms with van der Waals surface area (Å²) >= 11 is 0. The maximum Gasteiger partial charge on any atom is 0.248 e. The smallest absolute Gasteiger partial charge is 0.248 e. The predicted octanol–water partition coefficient (Wildman–Crippen LogP) is 0.204. The van der Waals surface area contributed by atoms with Crippen LogP contribution >= 0.6 is 0 Å². The minimum Gasteiger partial charge on any atom is -0.366 e. The summed E-state index contributed by atoms with van der Waals surface area (Å²) in [6.45, 7) is 1.27. The van der Waals surface area contributed by atoms with Crippen LogP contribution in [0.15, 0.2) is 30.6 Å². The summed E-state index contributed by atoms with van der Waals surface area (Å²) < 4.78 is 1.85. The standard InChI is InChI=1S/C12H15N5O/c1-17-8-15-16-11(17)7-14-6-9-3-2-4-10(5-9)12(13)18/h2-5,8,14H,6-7H2,1H3,(H2,13,18). The van der Waals surface area contributed by atoms with Crippen molar-refractivity contribution in [2.75, 3.05) is 0 Å². The van der Waals surface area contributed by atoms with Gasteiger partial charge in [-0.3, -0.25) is 4.79 Å². The van der Waals surface area contributed by atoms with Crippen molar-refractivity contribution in [3.8, 4) is 0 Å². The van der Waals surface area contributed by atoms with Gasteiger partial charge < -0.3 is 15.6 Å². The van der Waals surface area contributed by atoms with Gasteiger partial charge in [0, 0.05) is 19.2 Å². The number of hydrogen-bond acceptors (Lipinski definition) is 4. The first-order valence-electron chi connectivity index (χ1n) is 5.59. The Balaban J connectivity index is 1.92. The van der Waals surface area contributed by atoms with E-state index in [1.807, 2.05) is 23.7 Å². The average molecular weight is 245 g/mol. The molecule has 0 aliphatic rings. The molecule has 94 valence electrons. The fourth-order valence-corrected chi connectivity index (χ4v) is 1.62. The lowest BCUT2D eigenvalue weighted by Gasteiger charge is -2.05. The van der Waals surface area contributed by atoms with Crippen molar-refractivity contribution < 1.29 is 4.79 Å². The van der Waals surface area contributed by atoms with Crippen molar-refractivity contribution in [2.45, 2.75) is 13.1 Å². The lowest BCUT2D eigenvalue weighted by molar-refractivity contribution is 0.1000. The molecule has 0 saturated carbocycles. The van der Waals surface area contributed by atoms with E-state index >= 15 is 0 Å².